The van der Waals surface area contributed by atoms with E-state index in [9.17, 15) is 4.79 Å². The molecule has 1 saturated carbocycles. The van der Waals surface area contributed by atoms with Gasteiger partial charge in [-0.05, 0) is 94.5 Å². The molecule has 4 nitrogen and oxygen atoms in total. The second-order valence-corrected chi connectivity index (χ2v) is 9.44. The summed E-state index contributed by atoms with van der Waals surface area (Å²) >= 11 is 0. The highest BCUT2D eigenvalue weighted by Crippen LogP contribution is 2.43. The summed E-state index contributed by atoms with van der Waals surface area (Å²) in [4.78, 5) is 17.9. The quantitative estimate of drug-likeness (QED) is 0.779. The largest absolute Gasteiger partial charge is 0.381 e. The van der Waals surface area contributed by atoms with Gasteiger partial charge in [-0.1, -0.05) is 12.1 Å². The predicted molar refractivity (Wildman–Crippen MR) is 112 cm³/mol. The molecule has 3 heterocycles. The van der Waals surface area contributed by atoms with E-state index in [0.29, 0.717) is 11.8 Å². The molecule has 1 aromatic carbocycles. The van der Waals surface area contributed by atoms with E-state index in [1.54, 1.807) is 0 Å². The van der Waals surface area contributed by atoms with Crippen LogP contribution in [0.1, 0.15) is 69.3 Å². The van der Waals surface area contributed by atoms with Gasteiger partial charge in [0.25, 0.3) is 0 Å². The number of ether oxygens (including phenoxy) is 1. The molecular weight excluding hydrogens is 348 g/mol. The van der Waals surface area contributed by atoms with E-state index in [1.165, 1.54) is 57.2 Å². The average Bonchev–Trinajstić information content (AvgIpc) is 3.39. The number of amides is 1. The predicted octanol–water partition coefficient (Wildman–Crippen LogP) is 4.34. The van der Waals surface area contributed by atoms with E-state index in [1.807, 2.05) is 4.90 Å². The smallest absolute Gasteiger partial charge is 0.233 e. The van der Waals surface area contributed by atoms with Crippen molar-refractivity contribution in [2.24, 2.45) is 5.41 Å². The molecule has 0 bridgehead atoms. The monoisotopic (exact) mass is 382 g/mol. The van der Waals surface area contributed by atoms with Gasteiger partial charge in [0.2, 0.25) is 5.91 Å². The highest BCUT2D eigenvalue weighted by atomic mass is 16.5. The van der Waals surface area contributed by atoms with Crippen molar-refractivity contribution >= 4 is 11.6 Å². The summed E-state index contributed by atoms with van der Waals surface area (Å²) < 4.78 is 5.49. The van der Waals surface area contributed by atoms with Crippen molar-refractivity contribution in [2.45, 2.75) is 69.7 Å². The number of rotatable bonds is 3. The molecular formula is C24H34N2O2. The molecule has 4 fully saturated rings. The van der Waals surface area contributed by atoms with E-state index in [-0.39, 0.29) is 5.41 Å². The number of likely N-dealkylation sites (tertiary alicyclic amines) is 1. The van der Waals surface area contributed by atoms with Gasteiger partial charge in [0, 0.05) is 31.5 Å². The van der Waals surface area contributed by atoms with Crippen LogP contribution in [0.25, 0.3) is 0 Å². The number of carbonyl (C=O) groups excluding carboxylic acids is 1. The number of hydrogen-bond acceptors (Lipinski definition) is 3. The molecule has 4 heteroatoms. The molecule has 0 radical (unpaired) electrons. The van der Waals surface area contributed by atoms with Gasteiger partial charge in [-0.2, -0.15) is 0 Å². The molecule has 5 rings (SSSR count). The van der Waals surface area contributed by atoms with Crippen LogP contribution in [-0.4, -0.2) is 49.7 Å². The van der Waals surface area contributed by atoms with Crippen LogP contribution in [0.15, 0.2) is 24.3 Å². The third-order valence-corrected chi connectivity index (χ3v) is 7.99. The third kappa shape index (κ3) is 3.39. The van der Waals surface area contributed by atoms with E-state index in [4.69, 9.17) is 4.74 Å². The van der Waals surface area contributed by atoms with Crippen LogP contribution in [0.3, 0.4) is 0 Å². The zero-order chi connectivity index (χ0) is 19.0. The minimum Gasteiger partial charge on any atom is -0.381 e. The van der Waals surface area contributed by atoms with Crippen molar-refractivity contribution < 1.29 is 9.53 Å². The van der Waals surface area contributed by atoms with Crippen molar-refractivity contribution in [1.82, 2.24) is 4.90 Å². The average molecular weight is 383 g/mol. The van der Waals surface area contributed by atoms with Gasteiger partial charge < -0.3 is 14.5 Å². The maximum atomic E-state index is 13.1. The fourth-order valence-electron chi connectivity index (χ4n) is 6.10. The molecule has 3 aliphatic heterocycles. The van der Waals surface area contributed by atoms with Gasteiger partial charge in [0.05, 0.1) is 5.41 Å². The number of anilines is 1. The number of nitrogens with zero attached hydrogens (tertiary/aromatic N) is 2. The first-order valence-corrected chi connectivity index (χ1v) is 11.5. The van der Waals surface area contributed by atoms with Gasteiger partial charge in [-0.15, -0.1) is 0 Å². The number of benzene rings is 1. The van der Waals surface area contributed by atoms with Crippen molar-refractivity contribution in [3.8, 4) is 0 Å². The highest BCUT2D eigenvalue weighted by molar-refractivity contribution is 5.99. The van der Waals surface area contributed by atoms with Crippen molar-refractivity contribution in [3.05, 3.63) is 29.8 Å². The third-order valence-electron chi connectivity index (χ3n) is 7.99. The second-order valence-electron chi connectivity index (χ2n) is 9.44. The first kappa shape index (κ1) is 18.6. The Morgan fingerprint density at radius 1 is 0.857 bits per heavy atom. The standard InChI is InChI=1S/C24H34N2O2/c27-23-24(12-17-28-18-13-24)11-16-26(23)22-9-5-20(6-10-22)19-3-7-21(8-4-19)25-14-1-2-15-25/h5-6,9-10,19,21H,1-4,7-8,11-18H2. The Labute approximate surface area is 169 Å². The zero-order valence-electron chi connectivity index (χ0n) is 17.1. The first-order valence-electron chi connectivity index (χ1n) is 11.5. The topological polar surface area (TPSA) is 32.8 Å². The Bertz CT molecular complexity index is 681. The first-order chi connectivity index (χ1) is 13.8. The molecule has 1 amide bonds. The number of hydrogen-bond donors (Lipinski definition) is 0. The van der Waals surface area contributed by atoms with E-state index in [2.05, 4.69) is 29.2 Å². The van der Waals surface area contributed by atoms with Crippen molar-refractivity contribution in [2.75, 3.05) is 37.7 Å². The van der Waals surface area contributed by atoms with Gasteiger partial charge in [-0.3, -0.25) is 4.79 Å². The lowest BCUT2D eigenvalue weighted by atomic mass is 9.79. The molecule has 1 spiro atoms. The maximum Gasteiger partial charge on any atom is 0.233 e. The van der Waals surface area contributed by atoms with Crippen LogP contribution in [0.4, 0.5) is 5.69 Å². The fraction of sp³-hybridized carbons (Fsp3) is 0.708. The summed E-state index contributed by atoms with van der Waals surface area (Å²) in [7, 11) is 0. The number of carbonyl (C=O) groups is 1. The van der Waals surface area contributed by atoms with Crippen LogP contribution < -0.4 is 4.90 Å². The maximum absolute atomic E-state index is 13.1. The molecule has 4 aliphatic rings. The Kier molecular flexibility index (Phi) is 5.18. The Balaban J connectivity index is 1.21. The summed E-state index contributed by atoms with van der Waals surface area (Å²) in [5, 5.41) is 0. The van der Waals surface area contributed by atoms with E-state index >= 15 is 0 Å². The Morgan fingerprint density at radius 3 is 2.21 bits per heavy atom. The minimum atomic E-state index is -0.148. The van der Waals surface area contributed by atoms with Crippen molar-refractivity contribution in [3.63, 3.8) is 0 Å². The summed E-state index contributed by atoms with van der Waals surface area (Å²) in [5.41, 5.74) is 2.41. The Morgan fingerprint density at radius 2 is 1.54 bits per heavy atom. The summed E-state index contributed by atoms with van der Waals surface area (Å²) in [6, 6.07) is 9.79. The van der Waals surface area contributed by atoms with Gasteiger partial charge in [0.1, 0.15) is 0 Å². The lowest BCUT2D eigenvalue weighted by molar-refractivity contribution is -0.130. The van der Waals surface area contributed by atoms with Gasteiger partial charge >= 0.3 is 0 Å². The zero-order valence-corrected chi connectivity index (χ0v) is 17.1. The van der Waals surface area contributed by atoms with E-state index in [0.717, 1.165) is 50.8 Å². The SMILES string of the molecule is O=C1N(c2ccc(C3CCC(N4CCCC4)CC3)cc2)CCC12CCOCC2. The van der Waals surface area contributed by atoms with Gasteiger partial charge in [0.15, 0.2) is 0 Å². The highest BCUT2D eigenvalue weighted by Gasteiger charge is 2.47. The van der Waals surface area contributed by atoms with Crippen LogP contribution >= 0.6 is 0 Å². The van der Waals surface area contributed by atoms with Crippen LogP contribution in [-0.2, 0) is 9.53 Å². The van der Waals surface area contributed by atoms with Crippen LogP contribution in [0, 0.1) is 5.41 Å². The van der Waals surface area contributed by atoms with Gasteiger partial charge in [-0.25, -0.2) is 0 Å². The van der Waals surface area contributed by atoms with E-state index < -0.39 is 0 Å². The molecule has 1 aromatic rings. The molecule has 1 aliphatic carbocycles. The van der Waals surface area contributed by atoms with Crippen molar-refractivity contribution in [1.29, 1.82) is 0 Å². The molecule has 28 heavy (non-hydrogen) atoms. The normalized spacial score (nSPS) is 31.0. The summed E-state index contributed by atoms with van der Waals surface area (Å²) in [6.07, 6.45) is 10.9. The molecule has 0 N–H and O–H groups in total. The summed E-state index contributed by atoms with van der Waals surface area (Å²) in [5.74, 6) is 1.03. The Hall–Kier alpha value is -1.39. The molecule has 3 saturated heterocycles. The fourth-order valence-corrected chi connectivity index (χ4v) is 6.10. The lowest BCUT2D eigenvalue weighted by Crippen LogP contribution is -2.38. The molecule has 0 atom stereocenters. The lowest BCUT2D eigenvalue weighted by Gasteiger charge is -2.34. The molecule has 0 aromatic heterocycles. The molecule has 0 unspecified atom stereocenters. The van der Waals surface area contributed by atoms with Crippen LogP contribution in [0.5, 0.6) is 0 Å². The second kappa shape index (κ2) is 7.79. The minimum absolute atomic E-state index is 0.148. The molecule has 152 valence electrons. The summed E-state index contributed by atoms with van der Waals surface area (Å²) in [6.45, 7) is 4.97. The van der Waals surface area contributed by atoms with Crippen LogP contribution in [0.2, 0.25) is 0 Å².